The maximum atomic E-state index is 12.1. The number of anilines is 2. The number of amides is 1. The van der Waals surface area contributed by atoms with Crippen LogP contribution in [0.25, 0.3) is 0 Å². The molecule has 0 radical (unpaired) electrons. The highest BCUT2D eigenvalue weighted by Gasteiger charge is 2.06. The minimum absolute atomic E-state index is 0.150. The van der Waals surface area contributed by atoms with Crippen LogP contribution >= 0.6 is 0 Å². The topological polar surface area (TPSA) is 59.6 Å². The van der Waals surface area contributed by atoms with Gasteiger partial charge in [-0.05, 0) is 48.5 Å². The summed E-state index contributed by atoms with van der Waals surface area (Å²) in [6, 6.07) is 24.3. The standard InChI is InChI=1S/C21H20N2O3/c1-25-20-10-6-5-9-19(20)23-21(24)15-22-16-11-13-18(14-12-16)26-17-7-3-2-4-8-17/h2-14,22H,15H2,1H3,(H,23,24). The maximum Gasteiger partial charge on any atom is 0.243 e. The molecule has 0 unspecified atom stereocenters. The SMILES string of the molecule is COc1ccccc1NC(=O)CNc1ccc(Oc2ccccc2)cc1. The van der Waals surface area contributed by atoms with E-state index in [1.807, 2.05) is 66.7 Å². The smallest absolute Gasteiger partial charge is 0.243 e. The summed E-state index contributed by atoms with van der Waals surface area (Å²) in [7, 11) is 1.57. The zero-order valence-electron chi connectivity index (χ0n) is 14.4. The number of carbonyl (C=O) groups is 1. The number of benzene rings is 3. The number of hydrogen-bond acceptors (Lipinski definition) is 4. The van der Waals surface area contributed by atoms with Crippen LogP contribution in [-0.4, -0.2) is 19.6 Å². The van der Waals surface area contributed by atoms with Crippen LogP contribution in [-0.2, 0) is 4.79 Å². The Morgan fingerprint density at radius 1 is 0.846 bits per heavy atom. The van der Waals surface area contributed by atoms with Crippen molar-refractivity contribution in [2.45, 2.75) is 0 Å². The van der Waals surface area contributed by atoms with Crippen LogP contribution in [0.5, 0.6) is 17.2 Å². The van der Waals surface area contributed by atoms with E-state index in [1.54, 1.807) is 19.2 Å². The third-order valence-corrected chi connectivity index (χ3v) is 3.67. The highest BCUT2D eigenvalue weighted by Crippen LogP contribution is 2.24. The zero-order valence-corrected chi connectivity index (χ0v) is 14.4. The van der Waals surface area contributed by atoms with Gasteiger partial charge in [-0.15, -0.1) is 0 Å². The van der Waals surface area contributed by atoms with Crippen LogP contribution in [0, 0.1) is 0 Å². The highest BCUT2D eigenvalue weighted by molar-refractivity contribution is 5.95. The first-order valence-corrected chi connectivity index (χ1v) is 8.24. The van der Waals surface area contributed by atoms with Gasteiger partial charge in [-0.2, -0.15) is 0 Å². The first-order chi connectivity index (χ1) is 12.7. The van der Waals surface area contributed by atoms with Crippen molar-refractivity contribution in [3.05, 3.63) is 78.9 Å². The van der Waals surface area contributed by atoms with E-state index in [4.69, 9.17) is 9.47 Å². The van der Waals surface area contributed by atoms with E-state index in [0.29, 0.717) is 11.4 Å². The minimum Gasteiger partial charge on any atom is -0.495 e. The van der Waals surface area contributed by atoms with Gasteiger partial charge in [-0.3, -0.25) is 4.79 Å². The van der Waals surface area contributed by atoms with Gasteiger partial charge in [-0.1, -0.05) is 30.3 Å². The Kier molecular flexibility index (Phi) is 5.72. The molecule has 5 heteroatoms. The second-order valence-corrected chi connectivity index (χ2v) is 5.54. The molecule has 1 amide bonds. The quantitative estimate of drug-likeness (QED) is 0.658. The molecule has 0 aliphatic heterocycles. The second kappa shape index (κ2) is 8.58. The summed E-state index contributed by atoms with van der Waals surface area (Å²) < 4.78 is 11.0. The summed E-state index contributed by atoms with van der Waals surface area (Å²) in [5.41, 5.74) is 1.48. The lowest BCUT2D eigenvalue weighted by Gasteiger charge is -2.11. The van der Waals surface area contributed by atoms with Crippen LogP contribution < -0.4 is 20.1 Å². The molecule has 0 fully saturated rings. The van der Waals surface area contributed by atoms with Gasteiger partial charge in [-0.25, -0.2) is 0 Å². The first kappa shape index (κ1) is 17.4. The summed E-state index contributed by atoms with van der Waals surface area (Å²) in [6.45, 7) is 0.150. The summed E-state index contributed by atoms with van der Waals surface area (Å²) in [4.78, 5) is 12.1. The Morgan fingerprint density at radius 2 is 1.50 bits per heavy atom. The normalized spacial score (nSPS) is 10.0. The molecule has 3 aromatic rings. The molecule has 0 aliphatic carbocycles. The predicted molar refractivity (Wildman–Crippen MR) is 103 cm³/mol. The molecule has 0 aliphatic rings. The summed E-state index contributed by atoms with van der Waals surface area (Å²) in [5, 5.41) is 5.91. The van der Waals surface area contributed by atoms with Crippen molar-refractivity contribution in [1.29, 1.82) is 0 Å². The van der Waals surface area contributed by atoms with E-state index >= 15 is 0 Å². The average molecular weight is 348 g/mol. The lowest BCUT2D eigenvalue weighted by molar-refractivity contribution is -0.114. The van der Waals surface area contributed by atoms with Crippen molar-refractivity contribution >= 4 is 17.3 Å². The van der Waals surface area contributed by atoms with E-state index in [1.165, 1.54) is 0 Å². The molecule has 0 bridgehead atoms. The molecule has 2 N–H and O–H groups in total. The highest BCUT2D eigenvalue weighted by atomic mass is 16.5. The molecule has 0 saturated carbocycles. The molecule has 0 saturated heterocycles. The zero-order chi connectivity index (χ0) is 18.2. The number of para-hydroxylation sites is 3. The molecule has 26 heavy (non-hydrogen) atoms. The molecule has 5 nitrogen and oxygen atoms in total. The van der Waals surface area contributed by atoms with E-state index in [2.05, 4.69) is 10.6 Å². The number of nitrogens with one attached hydrogen (secondary N) is 2. The largest absolute Gasteiger partial charge is 0.495 e. The Morgan fingerprint density at radius 3 is 2.23 bits per heavy atom. The molecule has 3 rings (SSSR count). The number of carbonyl (C=O) groups excluding carboxylic acids is 1. The van der Waals surface area contributed by atoms with E-state index in [0.717, 1.165) is 17.2 Å². The van der Waals surface area contributed by atoms with Crippen molar-refractivity contribution in [2.75, 3.05) is 24.3 Å². The number of rotatable bonds is 7. The number of hydrogen-bond donors (Lipinski definition) is 2. The van der Waals surface area contributed by atoms with Gasteiger partial charge in [0.25, 0.3) is 0 Å². The maximum absolute atomic E-state index is 12.1. The van der Waals surface area contributed by atoms with Gasteiger partial charge < -0.3 is 20.1 Å². The van der Waals surface area contributed by atoms with Crippen molar-refractivity contribution in [2.24, 2.45) is 0 Å². The van der Waals surface area contributed by atoms with Crippen molar-refractivity contribution in [3.63, 3.8) is 0 Å². The summed E-state index contributed by atoms with van der Waals surface area (Å²) in [5.74, 6) is 1.99. The fourth-order valence-electron chi connectivity index (χ4n) is 2.39. The van der Waals surface area contributed by atoms with Crippen LogP contribution in [0.15, 0.2) is 78.9 Å². The molecule has 0 spiro atoms. The number of ether oxygens (including phenoxy) is 2. The van der Waals surface area contributed by atoms with E-state index < -0.39 is 0 Å². The Hall–Kier alpha value is -3.47. The van der Waals surface area contributed by atoms with Crippen LogP contribution in [0.1, 0.15) is 0 Å². The van der Waals surface area contributed by atoms with Gasteiger partial charge in [0, 0.05) is 5.69 Å². The minimum atomic E-state index is -0.154. The predicted octanol–water partition coefficient (Wildman–Crippen LogP) is 4.54. The van der Waals surface area contributed by atoms with Crippen LogP contribution in [0.2, 0.25) is 0 Å². The molecular formula is C21H20N2O3. The first-order valence-electron chi connectivity index (χ1n) is 8.24. The van der Waals surface area contributed by atoms with Gasteiger partial charge in [0.2, 0.25) is 5.91 Å². The molecule has 0 atom stereocenters. The third-order valence-electron chi connectivity index (χ3n) is 3.67. The average Bonchev–Trinajstić information content (AvgIpc) is 2.69. The third kappa shape index (κ3) is 4.77. The molecular weight excluding hydrogens is 328 g/mol. The van der Waals surface area contributed by atoms with Gasteiger partial charge in [0.1, 0.15) is 17.2 Å². The van der Waals surface area contributed by atoms with Crippen molar-refractivity contribution in [3.8, 4) is 17.2 Å². The summed E-state index contributed by atoms with van der Waals surface area (Å²) >= 11 is 0. The molecule has 3 aromatic carbocycles. The Labute approximate surface area is 152 Å². The Bertz CT molecular complexity index is 849. The lowest BCUT2D eigenvalue weighted by atomic mass is 10.3. The van der Waals surface area contributed by atoms with Gasteiger partial charge >= 0.3 is 0 Å². The molecule has 132 valence electrons. The van der Waals surface area contributed by atoms with Crippen LogP contribution in [0.4, 0.5) is 11.4 Å². The van der Waals surface area contributed by atoms with Crippen molar-refractivity contribution in [1.82, 2.24) is 0 Å². The van der Waals surface area contributed by atoms with Gasteiger partial charge in [0.05, 0.1) is 19.3 Å². The fourth-order valence-corrected chi connectivity index (χ4v) is 2.39. The number of methoxy groups -OCH3 is 1. The molecule has 0 aromatic heterocycles. The van der Waals surface area contributed by atoms with Crippen LogP contribution in [0.3, 0.4) is 0 Å². The molecule has 0 heterocycles. The Balaban J connectivity index is 1.52. The van der Waals surface area contributed by atoms with Gasteiger partial charge in [0.15, 0.2) is 0 Å². The summed E-state index contributed by atoms with van der Waals surface area (Å²) in [6.07, 6.45) is 0. The van der Waals surface area contributed by atoms with Crippen molar-refractivity contribution < 1.29 is 14.3 Å². The van der Waals surface area contributed by atoms with E-state index in [9.17, 15) is 4.79 Å². The monoisotopic (exact) mass is 348 g/mol. The van der Waals surface area contributed by atoms with E-state index in [-0.39, 0.29) is 12.5 Å². The fraction of sp³-hybridized carbons (Fsp3) is 0.0952. The second-order valence-electron chi connectivity index (χ2n) is 5.54. The lowest BCUT2D eigenvalue weighted by Crippen LogP contribution is -2.22.